The molecule has 2 aromatic carbocycles. The van der Waals surface area contributed by atoms with Gasteiger partial charge in [0.1, 0.15) is 5.75 Å². The third-order valence-corrected chi connectivity index (χ3v) is 3.43. The van der Waals surface area contributed by atoms with Gasteiger partial charge in [0.25, 0.3) is 0 Å². The van der Waals surface area contributed by atoms with E-state index in [0.29, 0.717) is 0 Å². The highest BCUT2D eigenvalue weighted by molar-refractivity contribution is 5.90. The smallest absolute Gasteiger partial charge is 0.118 e. The second kappa shape index (κ2) is 6.22. The summed E-state index contributed by atoms with van der Waals surface area (Å²) in [4.78, 5) is 0. The first-order valence-corrected chi connectivity index (χ1v) is 6.94. The molecular weight excluding hydrogens is 262 g/mol. The standard InChI is InChI=1S/C17H17N3O/c1-21-14-8-6-13(7-9-14)10-11-18-17-12-19-20-16-5-3-2-4-15(16)17/h2-9,12H,10-11H2,1H3,(H,18,20). The van der Waals surface area contributed by atoms with Crippen LogP contribution in [0.1, 0.15) is 5.56 Å². The number of fused-ring (bicyclic) bond motifs is 1. The number of rotatable bonds is 5. The van der Waals surface area contributed by atoms with E-state index in [1.807, 2.05) is 30.3 Å². The van der Waals surface area contributed by atoms with Crippen molar-refractivity contribution in [2.24, 2.45) is 0 Å². The Morgan fingerprint density at radius 1 is 1.05 bits per heavy atom. The second-order valence-electron chi connectivity index (χ2n) is 4.80. The number of anilines is 1. The molecule has 0 aliphatic heterocycles. The third-order valence-electron chi connectivity index (χ3n) is 3.43. The van der Waals surface area contributed by atoms with Crippen molar-refractivity contribution in [2.45, 2.75) is 6.42 Å². The van der Waals surface area contributed by atoms with E-state index in [4.69, 9.17) is 4.74 Å². The number of benzene rings is 2. The number of hydrogen-bond acceptors (Lipinski definition) is 4. The highest BCUT2D eigenvalue weighted by atomic mass is 16.5. The van der Waals surface area contributed by atoms with Crippen LogP contribution in [-0.4, -0.2) is 23.9 Å². The van der Waals surface area contributed by atoms with E-state index in [-0.39, 0.29) is 0 Å². The molecule has 3 aromatic rings. The first-order chi connectivity index (χ1) is 10.4. The lowest BCUT2D eigenvalue weighted by Gasteiger charge is -2.09. The van der Waals surface area contributed by atoms with Crippen molar-refractivity contribution >= 4 is 16.6 Å². The maximum absolute atomic E-state index is 5.16. The van der Waals surface area contributed by atoms with Gasteiger partial charge in [-0.15, -0.1) is 0 Å². The Kier molecular flexibility index (Phi) is 3.96. The van der Waals surface area contributed by atoms with Crippen molar-refractivity contribution in [3.8, 4) is 5.75 Å². The summed E-state index contributed by atoms with van der Waals surface area (Å²) in [6.45, 7) is 0.849. The number of ether oxygens (including phenoxy) is 1. The summed E-state index contributed by atoms with van der Waals surface area (Å²) in [5, 5.41) is 12.7. The average Bonchev–Trinajstić information content (AvgIpc) is 2.56. The molecule has 0 spiro atoms. The van der Waals surface area contributed by atoms with Gasteiger partial charge in [-0.3, -0.25) is 0 Å². The fourth-order valence-corrected chi connectivity index (χ4v) is 2.28. The Morgan fingerprint density at radius 2 is 1.86 bits per heavy atom. The van der Waals surface area contributed by atoms with Crippen molar-refractivity contribution in [3.63, 3.8) is 0 Å². The molecule has 0 unspecified atom stereocenters. The number of methoxy groups -OCH3 is 1. The molecule has 4 heteroatoms. The largest absolute Gasteiger partial charge is 0.497 e. The van der Waals surface area contributed by atoms with Gasteiger partial charge in [-0.2, -0.15) is 10.2 Å². The Morgan fingerprint density at radius 3 is 2.67 bits per heavy atom. The maximum Gasteiger partial charge on any atom is 0.118 e. The summed E-state index contributed by atoms with van der Waals surface area (Å²) in [6, 6.07) is 16.2. The van der Waals surface area contributed by atoms with E-state index in [2.05, 4.69) is 33.7 Å². The van der Waals surface area contributed by atoms with Crippen LogP contribution in [0.15, 0.2) is 54.7 Å². The minimum atomic E-state index is 0.849. The van der Waals surface area contributed by atoms with Crippen LogP contribution in [0.5, 0.6) is 5.75 Å². The first kappa shape index (κ1) is 13.4. The molecule has 0 bridgehead atoms. The van der Waals surface area contributed by atoms with Crippen LogP contribution >= 0.6 is 0 Å². The second-order valence-corrected chi connectivity index (χ2v) is 4.80. The molecule has 1 aromatic heterocycles. The maximum atomic E-state index is 5.16. The lowest BCUT2D eigenvalue weighted by atomic mass is 10.1. The van der Waals surface area contributed by atoms with Gasteiger partial charge < -0.3 is 10.1 Å². The highest BCUT2D eigenvalue weighted by Crippen LogP contribution is 2.19. The summed E-state index contributed by atoms with van der Waals surface area (Å²) < 4.78 is 5.16. The van der Waals surface area contributed by atoms with E-state index < -0.39 is 0 Å². The minimum Gasteiger partial charge on any atom is -0.497 e. The lowest BCUT2D eigenvalue weighted by Crippen LogP contribution is -2.06. The minimum absolute atomic E-state index is 0.849. The predicted molar refractivity (Wildman–Crippen MR) is 84.7 cm³/mol. The quantitative estimate of drug-likeness (QED) is 0.778. The van der Waals surface area contributed by atoms with Crippen LogP contribution in [0.25, 0.3) is 10.9 Å². The van der Waals surface area contributed by atoms with Gasteiger partial charge in [-0.1, -0.05) is 30.3 Å². The van der Waals surface area contributed by atoms with Crippen molar-refractivity contribution in [1.82, 2.24) is 10.2 Å². The monoisotopic (exact) mass is 279 g/mol. The van der Waals surface area contributed by atoms with E-state index >= 15 is 0 Å². The number of nitrogens with zero attached hydrogens (tertiary/aromatic N) is 2. The molecule has 3 rings (SSSR count). The topological polar surface area (TPSA) is 47.0 Å². The number of nitrogens with one attached hydrogen (secondary N) is 1. The van der Waals surface area contributed by atoms with E-state index in [1.165, 1.54) is 5.56 Å². The predicted octanol–water partition coefficient (Wildman–Crippen LogP) is 3.29. The van der Waals surface area contributed by atoms with Crippen LogP contribution in [0, 0.1) is 0 Å². The fraction of sp³-hybridized carbons (Fsp3) is 0.176. The molecule has 1 N–H and O–H groups in total. The molecule has 106 valence electrons. The SMILES string of the molecule is COc1ccc(CCNc2cnnc3ccccc23)cc1. The third kappa shape index (κ3) is 3.11. The Labute approximate surface area is 123 Å². The molecule has 0 saturated carbocycles. The van der Waals surface area contributed by atoms with Crippen LogP contribution < -0.4 is 10.1 Å². The average molecular weight is 279 g/mol. The van der Waals surface area contributed by atoms with Crippen LogP contribution in [0.4, 0.5) is 5.69 Å². The molecule has 4 nitrogen and oxygen atoms in total. The highest BCUT2D eigenvalue weighted by Gasteiger charge is 2.01. The molecule has 0 saturated heterocycles. The molecule has 0 amide bonds. The number of aromatic nitrogens is 2. The summed E-state index contributed by atoms with van der Waals surface area (Å²) >= 11 is 0. The van der Waals surface area contributed by atoms with Gasteiger partial charge in [0, 0.05) is 11.9 Å². The van der Waals surface area contributed by atoms with Gasteiger partial charge in [0.15, 0.2) is 0 Å². The molecule has 0 aliphatic rings. The zero-order valence-corrected chi connectivity index (χ0v) is 11.9. The van der Waals surface area contributed by atoms with Crippen LogP contribution in [0.2, 0.25) is 0 Å². The molecule has 0 fully saturated rings. The van der Waals surface area contributed by atoms with Crippen molar-refractivity contribution < 1.29 is 4.74 Å². The molecule has 0 aliphatic carbocycles. The van der Waals surface area contributed by atoms with Gasteiger partial charge in [0.05, 0.1) is 24.5 Å². The van der Waals surface area contributed by atoms with Crippen LogP contribution in [0.3, 0.4) is 0 Å². The van der Waals surface area contributed by atoms with Crippen molar-refractivity contribution in [3.05, 3.63) is 60.3 Å². The summed E-state index contributed by atoms with van der Waals surface area (Å²) in [5.74, 6) is 0.885. The number of hydrogen-bond donors (Lipinski definition) is 1. The molecule has 21 heavy (non-hydrogen) atoms. The van der Waals surface area contributed by atoms with Gasteiger partial charge in [-0.05, 0) is 30.2 Å². The fourth-order valence-electron chi connectivity index (χ4n) is 2.28. The van der Waals surface area contributed by atoms with Gasteiger partial charge >= 0.3 is 0 Å². The van der Waals surface area contributed by atoms with E-state index in [1.54, 1.807) is 13.3 Å². The Balaban J connectivity index is 1.66. The Bertz CT molecular complexity index is 720. The summed E-state index contributed by atoms with van der Waals surface area (Å²) in [5.41, 5.74) is 3.20. The van der Waals surface area contributed by atoms with Crippen molar-refractivity contribution in [2.75, 3.05) is 19.0 Å². The normalized spacial score (nSPS) is 10.5. The van der Waals surface area contributed by atoms with Gasteiger partial charge in [0.2, 0.25) is 0 Å². The van der Waals surface area contributed by atoms with Gasteiger partial charge in [-0.25, -0.2) is 0 Å². The van der Waals surface area contributed by atoms with E-state index in [9.17, 15) is 0 Å². The van der Waals surface area contributed by atoms with E-state index in [0.717, 1.165) is 35.3 Å². The van der Waals surface area contributed by atoms with Crippen LogP contribution in [-0.2, 0) is 6.42 Å². The molecular formula is C17H17N3O. The lowest BCUT2D eigenvalue weighted by molar-refractivity contribution is 0.414. The summed E-state index contributed by atoms with van der Waals surface area (Å²) in [6.07, 6.45) is 2.72. The molecule has 0 atom stereocenters. The zero-order valence-electron chi connectivity index (χ0n) is 11.9. The first-order valence-electron chi connectivity index (χ1n) is 6.94. The molecule has 0 radical (unpaired) electrons. The summed E-state index contributed by atoms with van der Waals surface area (Å²) in [7, 11) is 1.68. The Hall–Kier alpha value is -2.62. The molecule has 1 heterocycles. The van der Waals surface area contributed by atoms with Crippen molar-refractivity contribution in [1.29, 1.82) is 0 Å². The zero-order chi connectivity index (χ0) is 14.5.